The van der Waals surface area contributed by atoms with Crippen molar-refractivity contribution in [1.82, 2.24) is 0 Å². The summed E-state index contributed by atoms with van der Waals surface area (Å²) in [6.07, 6.45) is 0. The lowest BCUT2D eigenvalue weighted by Crippen LogP contribution is -2.19. The summed E-state index contributed by atoms with van der Waals surface area (Å²) in [5.74, 6) is -1.08. The van der Waals surface area contributed by atoms with E-state index in [0.717, 1.165) is 5.56 Å². The highest BCUT2D eigenvalue weighted by Crippen LogP contribution is 2.10. The molecule has 0 aromatic heterocycles. The van der Waals surface area contributed by atoms with Crippen LogP contribution in [0.3, 0.4) is 0 Å². The molecule has 0 radical (unpaired) electrons. The molecule has 1 N–H and O–H groups in total. The minimum absolute atomic E-state index is 0.0144. The summed E-state index contributed by atoms with van der Waals surface area (Å²) in [6.45, 7) is 0.313. The Morgan fingerprint density at radius 2 is 2.00 bits per heavy atom. The fourth-order valence-electron chi connectivity index (χ4n) is 0.932. The minimum Gasteiger partial charge on any atom is -0.480 e. The van der Waals surface area contributed by atoms with Gasteiger partial charge in [-0.25, -0.2) is 0 Å². The maximum atomic E-state index is 10.4. The Balaban J connectivity index is 2.32. The lowest BCUT2D eigenvalue weighted by molar-refractivity contribution is -0.137. The van der Waals surface area contributed by atoms with E-state index in [1.165, 1.54) is 0 Å². The lowest BCUT2D eigenvalue weighted by Gasteiger charge is -2.06. The summed E-state index contributed by atoms with van der Waals surface area (Å²) in [5.41, 5.74) is 0.925. The van der Waals surface area contributed by atoms with Gasteiger partial charge < -0.3 is 9.84 Å². The summed E-state index contributed by atoms with van der Waals surface area (Å²) in [5, 5.41) is 8.14. The molecule has 0 heterocycles. The molecule has 1 atom stereocenters. The van der Waals surface area contributed by atoms with Crippen LogP contribution in [-0.4, -0.2) is 23.1 Å². The van der Waals surface area contributed by atoms with E-state index < -0.39 is 11.3 Å². The molecular formula is C10H10Cl2O3. The van der Waals surface area contributed by atoms with Crippen LogP contribution in [0.15, 0.2) is 24.3 Å². The predicted octanol–water partition coefficient (Wildman–Crippen LogP) is 2.55. The first kappa shape index (κ1) is 12.3. The maximum Gasteiger partial charge on any atom is 0.324 e. The number of alkyl halides is 1. The molecule has 82 valence electrons. The van der Waals surface area contributed by atoms with Gasteiger partial charge in [-0.2, -0.15) is 0 Å². The summed E-state index contributed by atoms with van der Waals surface area (Å²) in [4.78, 5) is 10.4. The summed E-state index contributed by atoms with van der Waals surface area (Å²) in [7, 11) is 0. The molecule has 1 rings (SSSR count). The van der Waals surface area contributed by atoms with Gasteiger partial charge in [-0.05, 0) is 17.7 Å². The zero-order valence-corrected chi connectivity index (χ0v) is 9.33. The monoisotopic (exact) mass is 248 g/mol. The Kier molecular flexibility index (Phi) is 4.88. The van der Waals surface area contributed by atoms with Gasteiger partial charge in [0.25, 0.3) is 0 Å². The number of carboxylic acids is 1. The van der Waals surface area contributed by atoms with Gasteiger partial charge in [0.2, 0.25) is 0 Å². The topological polar surface area (TPSA) is 46.5 Å². The largest absolute Gasteiger partial charge is 0.480 e. The van der Waals surface area contributed by atoms with Crippen molar-refractivity contribution in [3.8, 4) is 0 Å². The summed E-state index contributed by atoms with van der Waals surface area (Å²) < 4.78 is 5.13. The third-order valence-corrected chi connectivity index (χ3v) is 2.28. The van der Waals surface area contributed by atoms with Crippen LogP contribution in [0.5, 0.6) is 0 Å². The molecule has 0 fully saturated rings. The molecule has 3 nitrogen and oxygen atoms in total. The second-order valence-electron chi connectivity index (χ2n) is 2.95. The predicted molar refractivity (Wildman–Crippen MR) is 58.4 cm³/mol. The van der Waals surface area contributed by atoms with E-state index in [4.69, 9.17) is 33.0 Å². The highest BCUT2D eigenvalue weighted by Gasteiger charge is 2.12. The third-order valence-electron chi connectivity index (χ3n) is 1.71. The first-order valence-corrected chi connectivity index (χ1v) is 5.10. The van der Waals surface area contributed by atoms with Crippen molar-refractivity contribution in [3.05, 3.63) is 34.9 Å². The van der Waals surface area contributed by atoms with Gasteiger partial charge >= 0.3 is 5.97 Å². The SMILES string of the molecule is O=C(O)C(Cl)COCc1ccc(Cl)cc1. The molecule has 1 unspecified atom stereocenters. The molecule has 0 aliphatic rings. The normalized spacial score (nSPS) is 12.4. The zero-order chi connectivity index (χ0) is 11.3. The standard InChI is InChI=1S/C10H10Cl2O3/c11-8-3-1-7(2-4-8)5-15-6-9(12)10(13)14/h1-4,9H,5-6H2,(H,13,14). The smallest absolute Gasteiger partial charge is 0.324 e. The highest BCUT2D eigenvalue weighted by atomic mass is 35.5. The van der Waals surface area contributed by atoms with Gasteiger partial charge in [0.15, 0.2) is 5.38 Å². The third kappa shape index (κ3) is 4.51. The number of benzene rings is 1. The van der Waals surface area contributed by atoms with E-state index in [0.29, 0.717) is 11.6 Å². The van der Waals surface area contributed by atoms with Crippen molar-refractivity contribution in [2.75, 3.05) is 6.61 Å². The quantitative estimate of drug-likeness (QED) is 0.815. The van der Waals surface area contributed by atoms with Crippen LogP contribution in [0.1, 0.15) is 5.56 Å². The zero-order valence-electron chi connectivity index (χ0n) is 7.82. The second-order valence-corrected chi connectivity index (χ2v) is 3.91. The molecule has 0 spiro atoms. The van der Waals surface area contributed by atoms with Crippen molar-refractivity contribution in [2.24, 2.45) is 0 Å². The molecule has 0 saturated carbocycles. The molecule has 0 aliphatic heterocycles. The molecule has 0 aliphatic carbocycles. The Labute approximate surface area is 97.6 Å². The Morgan fingerprint density at radius 3 is 2.53 bits per heavy atom. The number of aliphatic carboxylic acids is 1. The molecule has 1 aromatic rings. The van der Waals surface area contributed by atoms with Gasteiger partial charge in [0, 0.05) is 5.02 Å². The van der Waals surface area contributed by atoms with E-state index in [2.05, 4.69) is 0 Å². The highest BCUT2D eigenvalue weighted by molar-refractivity contribution is 6.30. The minimum atomic E-state index is -1.08. The molecule has 0 saturated heterocycles. The molecule has 0 amide bonds. The first-order valence-electron chi connectivity index (χ1n) is 4.28. The van der Waals surface area contributed by atoms with Gasteiger partial charge in [0.1, 0.15) is 0 Å². The van der Waals surface area contributed by atoms with Crippen LogP contribution in [0.25, 0.3) is 0 Å². The van der Waals surface area contributed by atoms with Crippen LogP contribution in [-0.2, 0) is 16.1 Å². The number of hydrogen-bond donors (Lipinski definition) is 1. The van der Waals surface area contributed by atoms with E-state index in [1.54, 1.807) is 12.1 Å². The van der Waals surface area contributed by atoms with E-state index in [-0.39, 0.29) is 6.61 Å². The van der Waals surface area contributed by atoms with Gasteiger partial charge in [-0.15, -0.1) is 11.6 Å². The first-order chi connectivity index (χ1) is 7.09. The maximum absolute atomic E-state index is 10.4. The van der Waals surface area contributed by atoms with Gasteiger partial charge in [0.05, 0.1) is 13.2 Å². The number of carbonyl (C=O) groups is 1. The molecule has 1 aromatic carbocycles. The number of rotatable bonds is 5. The van der Waals surface area contributed by atoms with Crippen LogP contribution in [0.4, 0.5) is 0 Å². The van der Waals surface area contributed by atoms with Gasteiger partial charge in [-0.3, -0.25) is 4.79 Å². The van der Waals surface area contributed by atoms with E-state index in [9.17, 15) is 4.79 Å². The van der Waals surface area contributed by atoms with Crippen LogP contribution in [0, 0.1) is 0 Å². The fourth-order valence-corrected chi connectivity index (χ4v) is 1.15. The van der Waals surface area contributed by atoms with Crippen molar-refractivity contribution < 1.29 is 14.6 Å². The van der Waals surface area contributed by atoms with Crippen molar-refractivity contribution in [3.63, 3.8) is 0 Å². The second kappa shape index (κ2) is 5.95. The van der Waals surface area contributed by atoms with Crippen LogP contribution in [0.2, 0.25) is 5.02 Å². The summed E-state index contributed by atoms with van der Waals surface area (Å²) >= 11 is 11.2. The van der Waals surface area contributed by atoms with Gasteiger partial charge in [-0.1, -0.05) is 23.7 Å². The fraction of sp³-hybridized carbons (Fsp3) is 0.300. The molecule has 0 bridgehead atoms. The van der Waals surface area contributed by atoms with E-state index >= 15 is 0 Å². The molecular weight excluding hydrogens is 239 g/mol. The average Bonchev–Trinajstić information content (AvgIpc) is 2.20. The average molecular weight is 249 g/mol. The molecule has 5 heteroatoms. The Morgan fingerprint density at radius 1 is 1.40 bits per heavy atom. The lowest BCUT2D eigenvalue weighted by atomic mass is 10.2. The Bertz CT molecular complexity index is 324. The summed E-state index contributed by atoms with van der Waals surface area (Å²) in [6, 6.07) is 7.12. The molecule has 15 heavy (non-hydrogen) atoms. The van der Waals surface area contributed by atoms with Crippen molar-refractivity contribution in [2.45, 2.75) is 12.0 Å². The van der Waals surface area contributed by atoms with E-state index in [1.807, 2.05) is 12.1 Å². The number of halogens is 2. The Hall–Kier alpha value is -0.770. The van der Waals surface area contributed by atoms with Crippen LogP contribution < -0.4 is 0 Å². The van der Waals surface area contributed by atoms with Crippen molar-refractivity contribution >= 4 is 29.2 Å². The number of hydrogen-bond acceptors (Lipinski definition) is 2. The number of ether oxygens (including phenoxy) is 1. The van der Waals surface area contributed by atoms with Crippen molar-refractivity contribution in [1.29, 1.82) is 0 Å². The van der Waals surface area contributed by atoms with Crippen LogP contribution >= 0.6 is 23.2 Å². The number of carboxylic acid groups (broad SMARTS) is 1.